The van der Waals surface area contributed by atoms with Gasteiger partial charge in [-0.3, -0.25) is 0 Å². The van der Waals surface area contributed by atoms with E-state index in [1.807, 2.05) is 31.4 Å². The maximum absolute atomic E-state index is 12.0. The number of rotatable bonds is 8. The molecule has 0 amide bonds. The molecular weight excluding hydrogens is 268 g/mol. The predicted octanol–water partition coefficient (Wildman–Crippen LogP) is 1.60. The molecule has 18 heavy (non-hydrogen) atoms. The van der Waals surface area contributed by atoms with E-state index in [2.05, 4.69) is 10.0 Å². The maximum Gasteiger partial charge on any atom is 0.215 e. The van der Waals surface area contributed by atoms with Crippen LogP contribution in [-0.4, -0.2) is 32.8 Å². The first-order valence-corrected chi connectivity index (χ1v) is 8.62. The summed E-state index contributed by atoms with van der Waals surface area (Å²) in [5.41, 5.74) is 0. The summed E-state index contributed by atoms with van der Waals surface area (Å²) in [5, 5.41) is 4.65. The van der Waals surface area contributed by atoms with Crippen molar-refractivity contribution >= 4 is 21.4 Å². The molecule has 1 aromatic heterocycles. The van der Waals surface area contributed by atoms with Crippen LogP contribution >= 0.6 is 11.3 Å². The van der Waals surface area contributed by atoms with Gasteiger partial charge in [0.25, 0.3) is 0 Å². The molecule has 2 atom stereocenters. The molecule has 0 spiro atoms. The molecule has 0 aliphatic carbocycles. The second-order valence-electron chi connectivity index (χ2n) is 4.47. The molecular formula is C12H22N2O2S2. The van der Waals surface area contributed by atoms with Gasteiger partial charge in [-0.25, -0.2) is 13.1 Å². The van der Waals surface area contributed by atoms with E-state index < -0.39 is 15.3 Å². The molecule has 0 aliphatic rings. The highest BCUT2D eigenvalue weighted by atomic mass is 32.2. The highest BCUT2D eigenvalue weighted by Gasteiger charge is 2.22. The third-order valence-corrected chi connectivity index (χ3v) is 5.52. The fraction of sp³-hybridized carbons (Fsp3) is 0.667. The molecule has 4 nitrogen and oxygen atoms in total. The summed E-state index contributed by atoms with van der Waals surface area (Å²) in [6.07, 6.45) is 0.741. The van der Waals surface area contributed by atoms with Gasteiger partial charge in [0.2, 0.25) is 10.0 Å². The van der Waals surface area contributed by atoms with Gasteiger partial charge in [-0.2, -0.15) is 0 Å². The van der Waals surface area contributed by atoms with E-state index in [0.29, 0.717) is 6.54 Å². The van der Waals surface area contributed by atoms with Crippen molar-refractivity contribution in [2.75, 3.05) is 13.1 Å². The SMILES string of the molecule is CCNCC(C)S(=O)(=O)NC(C)Cc1cccs1. The molecule has 1 heterocycles. The number of hydrogen-bond donors (Lipinski definition) is 2. The van der Waals surface area contributed by atoms with Gasteiger partial charge in [-0.1, -0.05) is 13.0 Å². The summed E-state index contributed by atoms with van der Waals surface area (Å²) in [5.74, 6) is 0. The zero-order chi connectivity index (χ0) is 13.6. The fourth-order valence-electron chi connectivity index (χ4n) is 1.63. The zero-order valence-corrected chi connectivity index (χ0v) is 12.8. The monoisotopic (exact) mass is 290 g/mol. The smallest absolute Gasteiger partial charge is 0.215 e. The minimum atomic E-state index is -3.24. The first-order valence-electron chi connectivity index (χ1n) is 6.20. The average molecular weight is 290 g/mol. The van der Waals surface area contributed by atoms with E-state index in [-0.39, 0.29) is 6.04 Å². The molecule has 2 unspecified atom stereocenters. The lowest BCUT2D eigenvalue weighted by molar-refractivity contribution is 0.542. The van der Waals surface area contributed by atoms with Gasteiger partial charge in [-0.05, 0) is 38.3 Å². The van der Waals surface area contributed by atoms with Crippen molar-refractivity contribution in [1.29, 1.82) is 0 Å². The minimum Gasteiger partial charge on any atom is -0.316 e. The average Bonchev–Trinajstić information content (AvgIpc) is 2.77. The predicted molar refractivity (Wildman–Crippen MR) is 77.5 cm³/mol. The van der Waals surface area contributed by atoms with Crippen molar-refractivity contribution in [3.05, 3.63) is 22.4 Å². The molecule has 0 aliphatic heterocycles. The molecule has 0 saturated heterocycles. The first kappa shape index (κ1) is 15.6. The third-order valence-electron chi connectivity index (χ3n) is 2.66. The van der Waals surface area contributed by atoms with Crippen molar-refractivity contribution < 1.29 is 8.42 Å². The summed E-state index contributed by atoms with van der Waals surface area (Å²) < 4.78 is 26.8. The van der Waals surface area contributed by atoms with E-state index in [1.54, 1.807) is 18.3 Å². The Morgan fingerprint density at radius 2 is 2.11 bits per heavy atom. The van der Waals surface area contributed by atoms with Crippen molar-refractivity contribution in [3.63, 3.8) is 0 Å². The standard InChI is InChI=1S/C12H22N2O2S2/c1-4-13-9-11(3)18(15,16)14-10(2)8-12-6-5-7-17-12/h5-7,10-11,13-14H,4,8-9H2,1-3H3. The molecule has 0 bridgehead atoms. The largest absolute Gasteiger partial charge is 0.316 e. The summed E-state index contributed by atoms with van der Waals surface area (Å²) in [4.78, 5) is 1.20. The van der Waals surface area contributed by atoms with E-state index >= 15 is 0 Å². The summed E-state index contributed by atoms with van der Waals surface area (Å²) >= 11 is 1.65. The summed E-state index contributed by atoms with van der Waals surface area (Å²) in [6, 6.07) is 3.93. The van der Waals surface area contributed by atoms with Gasteiger partial charge < -0.3 is 5.32 Å². The topological polar surface area (TPSA) is 58.2 Å². The molecule has 6 heteroatoms. The molecule has 0 fully saturated rings. The van der Waals surface area contributed by atoms with E-state index in [1.165, 1.54) is 4.88 Å². The summed E-state index contributed by atoms with van der Waals surface area (Å²) in [6.45, 7) is 6.86. The van der Waals surface area contributed by atoms with E-state index in [9.17, 15) is 8.42 Å². The van der Waals surface area contributed by atoms with Crippen LogP contribution in [0.1, 0.15) is 25.6 Å². The second-order valence-corrected chi connectivity index (χ2v) is 7.63. The Balaban J connectivity index is 2.49. The van der Waals surface area contributed by atoms with Gasteiger partial charge in [0.1, 0.15) is 0 Å². The Morgan fingerprint density at radius 3 is 2.67 bits per heavy atom. The van der Waals surface area contributed by atoms with Crippen LogP contribution in [0.15, 0.2) is 17.5 Å². The maximum atomic E-state index is 12.0. The van der Waals surface area contributed by atoms with Crippen LogP contribution in [0.5, 0.6) is 0 Å². The van der Waals surface area contributed by atoms with Crippen molar-refractivity contribution in [3.8, 4) is 0 Å². The van der Waals surface area contributed by atoms with Crippen LogP contribution in [0.2, 0.25) is 0 Å². The molecule has 1 aromatic rings. The van der Waals surface area contributed by atoms with Gasteiger partial charge in [0, 0.05) is 17.5 Å². The lowest BCUT2D eigenvalue weighted by Crippen LogP contribution is -2.43. The van der Waals surface area contributed by atoms with E-state index in [0.717, 1.165) is 13.0 Å². The third kappa shape index (κ3) is 5.06. The minimum absolute atomic E-state index is 0.0715. The zero-order valence-electron chi connectivity index (χ0n) is 11.1. The Morgan fingerprint density at radius 1 is 1.39 bits per heavy atom. The Kier molecular flexibility index (Phi) is 6.28. The molecule has 104 valence electrons. The van der Waals surface area contributed by atoms with Crippen LogP contribution in [0, 0.1) is 0 Å². The van der Waals surface area contributed by atoms with Gasteiger partial charge >= 0.3 is 0 Å². The Bertz CT molecular complexity index is 429. The van der Waals surface area contributed by atoms with Crippen molar-refractivity contribution in [1.82, 2.24) is 10.0 Å². The van der Waals surface area contributed by atoms with E-state index in [4.69, 9.17) is 0 Å². The molecule has 1 rings (SSSR count). The van der Waals surface area contributed by atoms with Crippen LogP contribution in [0.25, 0.3) is 0 Å². The normalized spacial score (nSPS) is 15.5. The molecule has 0 radical (unpaired) electrons. The Hall–Kier alpha value is -0.430. The van der Waals surface area contributed by atoms with Crippen LogP contribution in [0.4, 0.5) is 0 Å². The number of hydrogen-bond acceptors (Lipinski definition) is 4. The highest BCUT2D eigenvalue weighted by Crippen LogP contribution is 2.12. The number of nitrogens with one attached hydrogen (secondary N) is 2. The van der Waals surface area contributed by atoms with Crippen LogP contribution in [0.3, 0.4) is 0 Å². The fourth-order valence-corrected chi connectivity index (χ4v) is 3.68. The van der Waals surface area contributed by atoms with Crippen molar-refractivity contribution in [2.24, 2.45) is 0 Å². The second kappa shape index (κ2) is 7.23. The lowest BCUT2D eigenvalue weighted by atomic mass is 10.2. The lowest BCUT2D eigenvalue weighted by Gasteiger charge is -2.18. The quantitative estimate of drug-likeness (QED) is 0.764. The van der Waals surface area contributed by atoms with Crippen LogP contribution < -0.4 is 10.0 Å². The number of thiophene rings is 1. The Labute approximate surface area is 114 Å². The van der Waals surface area contributed by atoms with Crippen LogP contribution in [-0.2, 0) is 16.4 Å². The molecule has 2 N–H and O–H groups in total. The van der Waals surface area contributed by atoms with Gasteiger partial charge in [0.15, 0.2) is 0 Å². The molecule has 0 aromatic carbocycles. The number of sulfonamides is 1. The first-order chi connectivity index (χ1) is 8.45. The molecule has 0 saturated carbocycles. The van der Waals surface area contributed by atoms with Gasteiger partial charge in [-0.15, -0.1) is 11.3 Å². The summed E-state index contributed by atoms with van der Waals surface area (Å²) in [7, 11) is -3.24. The van der Waals surface area contributed by atoms with Crippen molar-refractivity contribution in [2.45, 2.75) is 38.5 Å². The highest BCUT2D eigenvalue weighted by molar-refractivity contribution is 7.90. The van der Waals surface area contributed by atoms with Gasteiger partial charge in [0.05, 0.1) is 5.25 Å².